The molecule has 0 radical (unpaired) electrons. The quantitative estimate of drug-likeness (QED) is 0.582. The van der Waals surface area contributed by atoms with Crippen LogP contribution in [0.2, 0.25) is 0 Å². The van der Waals surface area contributed by atoms with Gasteiger partial charge in [0.1, 0.15) is 17.2 Å². The van der Waals surface area contributed by atoms with Crippen molar-refractivity contribution >= 4 is 17.1 Å². The Hall–Kier alpha value is -3.11. The van der Waals surface area contributed by atoms with E-state index < -0.39 is 0 Å². The summed E-state index contributed by atoms with van der Waals surface area (Å²) in [6, 6.07) is 5.56. The molecule has 0 unspecified atom stereocenters. The normalized spacial score (nSPS) is 11.0. The minimum absolute atomic E-state index is 0.278. The lowest BCUT2D eigenvalue weighted by Gasteiger charge is -2.17. The molecule has 1 atom stereocenters. The van der Waals surface area contributed by atoms with Crippen molar-refractivity contribution < 1.29 is 19.0 Å². The monoisotopic (exact) mass is 350 g/mol. The number of carbonyl (C=O) groups excluding carboxylic acids is 1. The average molecular weight is 350 g/mol. The first-order valence-electron chi connectivity index (χ1n) is 8.25. The van der Waals surface area contributed by atoms with E-state index in [0.29, 0.717) is 46.6 Å². The van der Waals surface area contributed by atoms with Crippen LogP contribution in [0.1, 0.15) is 35.7 Å². The molecular formula is C22H22O4. The molecule has 0 saturated carbocycles. The maximum atomic E-state index is 11.8. The van der Waals surface area contributed by atoms with E-state index in [1.54, 1.807) is 14.2 Å². The van der Waals surface area contributed by atoms with Crippen molar-refractivity contribution in [2.75, 3.05) is 21.3 Å². The Morgan fingerprint density at radius 3 is 2.42 bits per heavy atom. The second-order valence-corrected chi connectivity index (χ2v) is 5.88. The van der Waals surface area contributed by atoms with E-state index in [2.05, 4.69) is 17.8 Å². The number of benzene rings is 2. The van der Waals surface area contributed by atoms with Gasteiger partial charge in [-0.05, 0) is 12.0 Å². The van der Waals surface area contributed by atoms with E-state index in [1.165, 1.54) is 7.11 Å². The number of aldehydes is 1. The molecule has 2 rings (SSSR count). The Labute approximate surface area is 154 Å². The molecule has 0 aromatic heterocycles. The first kappa shape index (κ1) is 19.2. The van der Waals surface area contributed by atoms with E-state index in [1.807, 2.05) is 25.1 Å². The number of hydrogen-bond acceptors (Lipinski definition) is 4. The second kappa shape index (κ2) is 8.83. The molecule has 2 aromatic carbocycles. The zero-order chi connectivity index (χ0) is 19.1. The van der Waals surface area contributed by atoms with Crippen LogP contribution in [0.4, 0.5) is 0 Å². The number of rotatable bonds is 6. The van der Waals surface area contributed by atoms with Crippen LogP contribution in [0.25, 0.3) is 10.8 Å². The molecule has 0 heterocycles. The third-order valence-corrected chi connectivity index (χ3v) is 4.12. The van der Waals surface area contributed by atoms with Gasteiger partial charge in [-0.15, -0.1) is 12.3 Å². The van der Waals surface area contributed by atoms with Crippen LogP contribution in [0.3, 0.4) is 0 Å². The summed E-state index contributed by atoms with van der Waals surface area (Å²) in [6.45, 7) is 2.04. The third-order valence-electron chi connectivity index (χ3n) is 4.12. The number of fused-ring (bicyclic) bond motifs is 1. The lowest BCUT2D eigenvalue weighted by molar-refractivity contribution is 0.112. The first-order chi connectivity index (χ1) is 12.6. The van der Waals surface area contributed by atoms with Crippen molar-refractivity contribution in [1.29, 1.82) is 0 Å². The molecule has 4 heteroatoms. The molecule has 0 aliphatic carbocycles. The minimum Gasteiger partial charge on any atom is -0.496 e. The third kappa shape index (κ3) is 3.60. The Kier molecular flexibility index (Phi) is 6.53. The molecule has 26 heavy (non-hydrogen) atoms. The molecule has 0 fully saturated rings. The van der Waals surface area contributed by atoms with Crippen molar-refractivity contribution in [2.24, 2.45) is 5.92 Å². The van der Waals surface area contributed by atoms with Gasteiger partial charge in [-0.1, -0.05) is 30.9 Å². The van der Waals surface area contributed by atoms with Crippen molar-refractivity contribution in [3.05, 3.63) is 29.3 Å². The van der Waals surface area contributed by atoms with Crippen molar-refractivity contribution in [3.8, 4) is 41.4 Å². The van der Waals surface area contributed by atoms with Crippen molar-refractivity contribution in [1.82, 2.24) is 0 Å². The summed E-state index contributed by atoms with van der Waals surface area (Å²) in [7, 11) is 4.65. The Morgan fingerprint density at radius 2 is 1.85 bits per heavy atom. The Morgan fingerprint density at radius 1 is 1.12 bits per heavy atom. The molecule has 0 aliphatic rings. The summed E-state index contributed by atoms with van der Waals surface area (Å²) < 4.78 is 16.6. The Bertz CT molecular complexity index is 910. The van der Waals surface area contributed by atoms with Crippen LogP contribution < -0.4 is 14.2 Å². The topological polar surface area (TPSA) is 44.8 Å². The van der Waals surface area contributed by atoms with E-state index in [9.17, 15) is 4.79 Å². The summed E-state index contributed by atoms with van der Waals surface area (Å²) in [5, 5.41) is 1.46. The number of hydrogen-bond donors (Lipinski definition) is 0. The highest BCUT2D eigenvalue weighted by Gasteiger charge is 2.22. The van der Waals surface area contributed by atoms with Crippen molar-refractivity contribution in [2.45, 2.75) is 19.8 Å². The molecule has 4 nitrogen and oxygen atoms in total. The maximum absolute atomic E-state index is 11.8. The molecule has 0 saturated heterocycles. The van der Waals surface area contributed by atoms with Gasteiger partial charge < -0.3 is 14.2 Å². The van der Waals surface area contributed by atoms with Gasteiger partial charge in [-0.3, -0.25) is 4.79 Å². The van der Waals surface area contributed by atoms with Gasteiger partial charge in [0, 0.05) is 18.2 Å². The number of methoxy groups -OCH3 is 3. The highest BCUT2D eigenvalue weighted by Crippen LogP contribution is 2.43. The largest absolute Gasteiger partial charge is 0.496 e. The number of carbonyl (C=O) groups is 1. The summed E-state index contributed by atoms with van der Waals surface area (Å²) >= 11 is 0. The minimum atomic E-state index is 0.278. The first-order valence-corrected chi connectivity index (χ1v) is 8.25. The molecule has 0 spiro atoms. The number of ether oxygens (including phenoxy) is 3. The molecule has 0 N–H and O–H groups in total. The standard InChI is InChI=1S/C22H22O4/c1-6-9-15(2)10-7-11-16-18(14-23)22(26-5)20-17(21(16)25-4)12-8-13-19(20)24-3/h1,8,12-15H,9-10H2,2-5H3/t15-/m0/s1. The molecule has 0 bridgehead atoms. The summed E-state index contributed by atoms with van der Waals surface area (Å²) in [5.74, 6) is 10.7. The average Bonchev–Trinajstić information content (AvgIpc) is 2.66. The van der Waals surface area contributed by atoms with E-state index in [0.717, 1.165) is 11.7 Å². The van der Waals surface area contributed by atoms with Gasteiger partial charge in [0.25, 0.3) is 0 Å². The molecule has 134 valence electrons. The smallest absolute Gasteiger partial charge is 0.155 e. The van der Waals surface area contributed by atoms with Gasteiger partial charge in [0.15, 0.2) is 6.29 Å². The molecule has 0 amide bonds. The highest BCUT2D eigenvalue weighted by atomic mass is 16.5. The predicted molar refractivity (Wildman–Crippen MR) is 103 cm³/mol. The van der Waals surface area contributed by atoms with Crippen LogP contribution in [0.15, 0.2) is 18.2 Å². The molecular weight excluding hydrogens is 328 g/mol. The van der Waals surface area contributed by atoms with Crippen molar-refractivity contribution in [3.63, 3.8) is 0 Å². The van der Waals surface area contributed by atoms with Gasteiger partial charge in [0.05, 0.1) is 37.8 Å². The van der Waals surface area contributed by atoms with Crippen LogP contribution >= 0.6 is 0 Å². The van der Waals surface area contributed by atoms with E-state index >= 15 is 0 Å². The summed E-state index contributed by atoms with van der Waals surface area (Å²) in [6.07, 6.45) is 7.36. The fraction of sp³-hybridized carbons (Fsp3) is 0.318. The zero-order valence-corrected chi connectivity index (χ0v) is 15.5. The fourth-order valence-electron chi connectivity index (χ4n) is 2.88. The van der Waals surface area contributed by atoms with E-state index in [-0.39, 0.29) is 5.92 Å². The maximum Gasteiger partial charge on any atom is 0.155 e. The van der Waals surface area contributed by atoms with Crippen LogP contribution in [0, 0.1) is 30.1 Å². The van der Waals surface area contributed by atoms with Crippen LogP contribution in [0.5, 0.6) is 17.2 Å². The second-order valence-electron chi connectivity index (χ2n) is 5.88. The SMILES string of the molecule is C#CC[C@H](C)CC#Cc1c(C=O)c(OC)c2c(OC)cccc2c1OC. The summed E-state index contributed by atoms with van der Waals surface area (Å²) in [4.78, 5) is 11.8. The lowest BCUT2D eigenvalue weighted by Crippen LogP contribution is -2.02. The number of terminal acetylenes is 1. The predicted octanol–water partition coefficient (Wildman–Crippen LogP) is 4.08. The van der Waals surface area contributed by atoms with Gasteiger partial charge in [-0.25, -0.2) is 0 Å². The summed E-state index contributed by atoms with van der Waals surface area (Å²) in [5.41, 5.74) is 0.853. The van der Waals surface area contributed by atoms with Crippen LogP contribution in [-0.2, 0) is 0 Å². The highest BCUT2D eigenvalue weighted by molar-refractivity contribution is 6.06. The Balaban J connectivity index is 2.76. The van der Waals surface area contributed by atoms with Gasteiger partial charge >= 0.3 is 0 Å². The zero-order valence-electron chi connectivity index (χ0n) is 15.5. The fourth-order valence-corrected chi connectivity index (χ4v) is 2.88. The van der Waals surface area contributed by atoms with Gasteiger partial charge in [0.2, 0.25) is 0 Å². The van der Waals surface area contributed by atoms with Gasteiger partial charge in [-0.2, -0.15) is 0 Å². The molecule has 0 aliphatic heterocycles. The molecule has 2 aromatic rings. The van der Waals surface area contributed by atoms with Crippen LogP contribution in [-0.4, -0.2) is 27.6 Å². The lowest BCUT2D eigenvalue weighted by atomic mass is 9.97. The van der Waals surface area contributed by atoms with E-state index in [4.69, 9.17) is 20.6 Å².